The van der Waals surface area contributed by atoms with E-state index in [0.717, 1.165) is 18.7 Å². The molecule has 0 aromatic rings. The number of amides is 3. The van der Waals surface area contributed by atoms with Crippen molar-refractivity contribution in [2.75, 3.05) is 24.6 Å². The van der Waals surface area contributed by atoms with Crippen LogP contribution in [0.15, 0.2) is 12.7 Å². The van der Waals surface area contributed by atoms with E-state index in [2.05, 4.69) is 17.2 Å². The van der Waals surface area contributed by atoms with Gasteiger partial charge in [0.15, 0.2) is 20.5 Å². The molecule has 7 atom stereocenters. The molecule has 21 heteroatoms. The van der Waals surface area contributed by atoms with E-state index < -0.39 is 161 Å². The van der Waals surface area contributed by atoms with Crippen LogP contribution in [-0.2, 0) is 47.9 Å². The minimum atomic E-state index is -7.14. The average Bonchev–Trinajstić information content (AvgIpc) is 3.77. The van der Waals surface area contributed by atoms with E-state index in [1.807, 2.05) is 0 Å². The van der Waals surface area contributed by atoms with E-state index in [1.54, 1.807) is 6.92 Å². The summed E-state index contributed by atoms with van der Waals surface area (Å²) in [4.78, 5) is 144. The average molecular weight is 874 g/mol. The van der Waals surface area contributed by atoms with Crippen LogP contribution in [0.5, 0.6) is 0 Å². The highest BCUT2D eigenvalue weighted by Crippen LogP contribution is 3.03. The van der Waals surface area contributed by atoms with Crippen LogP contribution in [-0.4, -0.2) is 136 Å². The number of thioether (sulfide) groups is 1. The third kappa shape index (κ3) is 7.83. The number of imide groups is 1. The van der Waals surface area contributed by atoms with Crippen molar-refractivity contribution >= 4 is 76.0 Å². The van der Waals surface area contributed by atoms with Crippen LogP contribution in [0.3, 0.4) is 0 Å². The van der Waals surface area contributed by atoms with Gasteiger partial charge in [0.1, 0.15) is 6.04 Å². The highest BCUT2D eigenvalue weighted by atomic mass is 32.4. The Labute approximate surface area is 347 Å². The number of aliphatic carboxylic acids is 2. The topological polar surface area (TPSA) is 343 Å². The molecule has 1 spiro atoms. The van der Waals surface area contributed by atoms with Crippen LogP contribution in [0, 0.1) is 11.8 Å². The second-order valence-electron chi connectivity index (χ2n) is 16.1. The Bertz CT molecular complexity index is 1700. The van der Waals surface area contributed by atoms with Gasteiger partial charge in [0.25, 0.3) is 5.91 Å². The zero-order valence-electron chi connectivity index (χ0n) is 34.7. The number of nitrogens with zero attached hydrogens (tertiary/aromatic N) is 1. The maximum Gasteiger partial charge on any atom is 0.303 e. The molecule has 0 radical (unpaired) electrons. The van der Waals surface area contributed by atoms with Crippen LogP contribution < -0.4 is 33.6 Å². The van der Waals surface area contributed by atoms with Gasteiger partial charge in [0.05, 0.1) is 34.3 Å². The number of nitrogens with one attached hydrogen (secondary N) is 2. The van der Waals surface area contributed by atoms with Gasteiger partial charge in [-0.1, -0.05) is 55.4 Å². The van der Waals surface area contributed by atoms with Gasteiger partial charge in [-0.2, -0.15) is 0 Å². The van der Waals surface area contributed by atoms with Gasteiger partial charge >= 0.3 is 11.9 Å². The standard InChI is InChI=1S/C38H63N7O12S2/c1-8-10-26(31(51)32(52)43-15-9-2)45(22(7)46)33(53)25-18-38(19-44-25)58-16-17-59(38,36(56)29(41)20(3)4,37(57)30(42)21(5)6,34(54)23(39)11-13-27(47)48)35(55)24(40)12-14-28(49)50/h9,20-21,23-26,29-30,44H,2,8,10-19,39-42H2,1,3-7H3,(H,43,52)(H,47,48)(H,49,50)/t23-,24-,25-,26?,29-,30-,38?/m0/s1. The van der Waals surface area contributed by atoms with Gasteiger partial charge in [-0.15, -0.1) is 18.3 Å². The predicted octanol–water partition coefficient (Wildman–Crippen LogP) is -0.460. The summed E-state index contributed by atoms with van der Waals surface area (Å²) in [6.45, 7) is 11.4. The molecule has 0 bridgehead atoms. The Morgan fingerprint density at radius 2 is 1.32 bits per heavy atom. The van der Waals surface area contributed by atoms with E-state index in [1.165, 1.54) is 33.8 Å². The number of hydrogen-bond acceptors (Lipinski definition) is 16. The smallest absolute Gasteiger partial charge is 0.303 e. The summed E-state index contributed by atoms with van der Waals surface area (Å²) in [7, 11) is -7.14. The number of carbonyl (C=O) groups excluding carboxylic acids is 8. The fourth-order valence-corrected chi connectivity index (χ4v) is 23.0. The van der Waals surface area contributed by atoms with Crippen LogP contribution in [0.1, 0.15) is 86.5 Å². The van der Waals surface area contributed by atoms with Crippen LogP contribution in [0.2, 0.25) is 0 Å². The number of carboxylic acid groups (broad SMARTS) is 2. The first-order valence-electron chi connectivity index (χ1n) is 19.6. The lowest BCUT2D eigenvalue weighted by Gasteiger charge is -2.78. The molecule has 2 aliphatic rings. The van der Waals surface area contributed by atoms with Gasteiger partial charge in [0, 0.05) is 44.4 Å². The maximum absolute atomic E-state index is 16.2. The summed E-state index contributed by atoms with van der Waals surface area (Å²) in [5.41, 5.74) is 26.6. The molecule has 2 rings (SSSR count). The molecule has 2 fully saturated rings. The van der Waals surface area contributed by atoms with Gasteiger partial charge in [-0.3, -0.25) is 52.8 Å². The molecule has 3 amide bonds. The van der Waals surface area contributed by atoms with Crippen molar-refractivity contribution in [1.29, 1.82) is 0 Å². The second kappa shape index (κ2) is 19.2. The predicted molar refractivity (Wildman–Crippen MR) is 224 cm³/mol. The largest absolute Gasteiger partial charge is 0.481 e. The molecule has 2 heterocycles. The van der Waals surface area contributed by atoms with Crippen molar-refractivity contribution in [1.82, 2.24) is 15.5 Å². The van der Waals surface area contributed by atoms with E-state index in [9.17, 15) is 39.0 Å². The summed E-state index contributed by atoms with van der Waals surface area (Å²) in [5, 5.41) is 19.1. The first kappa shape index (κ1) is 51.3. The number of carbonyl (C=O) groups is 10. The molecular formula is C38H63N7O12S2. The molecule has 0 saturated carbocycles. The number of rotatable bonds is 20. The molecular weight excluding hydrogens is 811 g/mol. The number of Topliss-reactive ketones (excluding diaryl/α,β-unsaturated/α-hetero) is 1. The molecule has 0 aromatic heterocycles. The Morgan fingerprint density at radius 3 is 1.71 bits per heavy atom. The Hall–Kier alpha value is -3.86. The lowest BCUT2D eigenvalue weighted by atomic mass is 10.0. The molecule has 0 aliphatic carbocycles. The number of nitrogens with two attached hydrogens (primary N) is 4. The Morgan fingerprint density at radius 1 is 0.847 bits per heavy atom. The van der Waals surface area contributed by atoms with Gasteiger partial charge < -0.3 is 43.8 Å². The fourth-order valence-electron chi connectivity index (χ4n) is 8.60. The summed E-state index contributed by atoms with van der Waals surface area (Å²) in [6, 6.07) is -10.7. The first-order valence-corrected chi connectivity index (χ1v) is 23.2. The van der Waals surface area contributed by atoms with E-state index in [4.69, 9.17) is 22.9 Å². The minimum absolute atomic E-state index is 0.0981. The lowest BCUT2D eigenvalue weighted by Crippen LogP contribution is -2.79. The first-order chi connectivity index (χ1) is 27.3. The zero-order chi connectivity index (χ0) is 45.5. The molecule has 2 aliphatic heterocycles. The van der Waals surface area contributed by atoms with Crippen molar-refractivity contribution in [2.45, 2.75) is 127 Å². The summed E-state index contributed by atoms with van der Waals surface area (Å²) in [6.07, 6.45) is -2.11. The van der Waals surface area contributed by atoms with E-state index >= 15 is 19.2 Å². The molecule has 334 valence electrons. The van der Waals surface area contributed by atoms with Crippen molar-refractivity contribution in [3.63, 3.8) is 0 Å². The van der Waals surface area contributed by atoms with Crippen LogP contribution in [0.4, 0.5) is 0 Å². The van der Waals surface area contributed by atoms with Gasteiger partial charge in [0.2, 0.25) is 17.6 Å². The van der Waals surface area contributed by atoms with Crippen molar-refractivity contribution in [3.8, 4) is 0 Å². The fraction of sp³-hybridized carbons (Fsp3) is 0.684. The van der Waals surface area contributed by atoms with Gasteiger partial charge in [-0.25, -0.2) is 0 Å². The molecule has 12 N–H and O–H groups in total. The lowest BCUT2D eigenvalue weighted by molar-refractivity contribution is -0.153. The van der Waals surface area contributed by atoms with Crippen molar-refractivity contribution in [3.05, 3.63) is 12.7 Å². The quantitative estimate of drug-likeness (QED) is 0.0567. The maximum atomic E-state index is 16.2. The molecule has 59 heavy (non-hydrogen) atoms. The normalized spacial score (nSPS) is 23.9. The number of ketones is 1. The monoisotopic (exact) mass is 873 g/mol. The van der Waals surface area contributed by atoms with Crippen LogP contribution in [0.25, 0.3) is 0 Å². The number of carboxylic acids is 2. The molecule has 19 nitrogen and oxygen atoms in total. The number of hydrogen-bond donors (Lipinski definition) is 8. The minimum Gasteiger partial charge on any atom is -0.481 e. The van der Waals surface area contributed by atoms with Crippen LogP contribution >= 0.6 is 20.1 Å². The SMILES string of the molecule is C=CCNC(=O)C(=O)C(CCC)N(C(C)=O)C(=O)[C@@H]1CC2(CN1)SCCS2(C(=O)[C@@H](N)C(C)C)(C(=O)[C@@H](N)C(C)C)(C(=O)[C@@H](N)CCC(=O)O)C(=O)[C@@H](N)CCC(=O)O. The van der Waals surface area contributed by atoms with Crippen molar-refractivity contribution < 1.29 is 58.2 Å². The summed E-state index contributed by atoms with van der Waals surface area (Å²) >= 11 is 0.848. The van der Waals surface area contributed by atoms with Gasteiger partial charge in [-0.05, 0) is 37.5 Å². The van der Waals surface area contributed by atoms with E-state index in [0.29, 0.717) is 4.90 Å². The highest BCUT2D eigenvalue weighted by molar-refractivity contribution is 9.02. The van der Waals surface area contributed by atoms with E-state index in [-0.39, 0.29) is 25.1 Å². The third-order valence-corrected chi connectivity index (χ3v) is 24.2. The Balaban J connectivity index is 3.31. The summed E-state index contributed by atoms with van der Waals surface area (Å²) in [5.74, 6) is -9.85. The van der Waals surface area contributed by atoms with Crippen molar-refractivity contribution in [2.24, 2.45) is 34.8 Å². The third-order valence-electron chi connectivity index (χ3n) is 11.9. The summed E-state index contributed by atoms with van der Waals surface area (Å²) < 4.78 is -2.28. The second-order valence-corrected chi connectivity index (χ2v) is 24.2. The zero-order valence-corrected chi connectivity index (χ0v) is 36.4. The molecule has 0 aromatic carbocycles. The molecule has 2 unspecified atom stereocenters. The molecule has 2 saturated heterocycles. The Kier molecular flexibility index (Phi) is 16.7. The highest BCUT2D eigenvalue weighted by Gasteiger charge is 2.94.